The summed E-state index contributed by atoms with van der Waals surface area (Å²) in [5.74, 6) is 0.740. The van der Waals surface area contributed by atoms with Gasteiger partial charge in [0.05, 0.1) is 0 Å². The van der Waals surface area contributed by atoms with Crippen LogP contribution >= 0.6 is 0 Å². The fourth-order valence-corrected chi connectivity index (χ4v) is 1.92. The lowest BCUT2D eigenvalue weighted by Crippen LogP contribution is -2.28. The van der Waals surface area contributed by atoms with E-state index in [2.05, 4.69) is 32.2 Å². The van der Waals surface area contributed by atoms with E-state index in [1.807, 2.05) is 0 Å². The van der Waals surface area contributed by atoms with Crippen LogP contribution < -0.4 is 5.32 Å². The first kappa shape index (κ1) is 12.7. The Hall–Kier alpha value is -0.340. The van der Waals surface area contributed by atoms with Crippen LogP contribution in [0, 0.1) is 5.92 Å². The molecular formula is C13H25NO. The van der Waals surface area contributed by atoms with Crippen LogP contribution in [0.5, 0.6) is 0 Å². The van der Waals surface area contributed by atoms with Gasteiger partial charge >= 0.3 is 0 Å². The van der Waals surface area contributed by atoms with Crippen LogP contribution in [0.4, 0.5) is 0 Å². The van der Waals surface area contributed by atoms with Gasteiger partial charge in [0, 0.05) is 19.3 Å². The number of hydrogen-bond acceptors (Lipinski definition) is 2. The van der Waals surface area contributed by atoms with Crippen LogP contribution in [-0.2, 0) is 4.74 Å². The topological polar surface area (TPSA) is 21.3 Å². The standard InChI is InChI=1S/C13H25NO/c1-4-7-14-12(3)11(2)10-13-5-8-15-9-6-13/h10,12-14H,4-9H2,1-3H3. The third kappa shape index (κ3) is 4.80. The molecule has 1 heterocycles. The zero-order valence-electron chi connectivity index (χ0n) is 10.4. The van der Waals surface area contributed by atoms with Gasteiger partial charge in [-0.1, -0.05) is 18.6 Å². The van der Waals surface area contributed by atoms with E-state index in [-0.39, 0.29) is 0 Å². The molecule has 0 radical (unpaired) electrons. The van der Waals surface area contributed by atoms with Crippen LogP contribution in [0.15, 0.2) is 11.6 Å². The zero-order valence-corrected chi connectivity index (χ0v) is 10.4. The van der Waals surface area contributed by atoms with Crippen molar-refractivity contribution in [1.29, 1.82) is 0 Å². The van der Waals surface area contributed by atoms with E-state index in [0.717, 1.165) is 25.7 Å². The Morgan fingerprint density at radius 2 is 2.13 bits per heavy atom. The van der Waals surface area contributed by atoms with E-state index in [1.54, 1.807) is 0 Å². The van der Waals surface area contributed by atoms with Gasteiger partial charge in [-0.05, 0) is 45.6 Å². The smallest absolute Gasteiger partial charge is 0.0471 e. The quantitative estimate of drug-likeness (QED) is 0.706. The molecule has 1 aliphatic heterocycles. The number of nitrogens with one attached hydrogen (secondary N) is 1. The third-order valence-corrected chi connectivity index (χ3v) is 3.15. The number of allylic oxidation sites excluding steroid dienone is 1. The lowest BCUT2D eigenvalue weighted by Gasteiger charge is -2.21. The largest absolute Gasteiger partial charge is 0.381 e. The van der Waals surface area contributed by atoms with E-state index in [9.17, 15) is 0 Å². The lowest BCUT2D eigenvalue weighted by molar-refractivity contribution is 0.0783. The van der Waals surface area contributed by atoms with Crippen molar-refractivity contribution in [2.45, 2.75) is 46.1 Å². The van der Waals surface area contributed by atoms with Gasteiger partial charge in [0.25, 0.3) is 0 Å². The minimum absolute atomic E-state index is 0.521. The Labute approximate surface area is 94.1 Å². The summed E-state index contributed by atoms with van der Waals surface area (Å²) in [6, 6.07) is 0.521. The van der Waals surface area contributed by atoms with E-state index < -0.39 is 0 Å². The molecule has 1 unspecified atom stereocenters. The number of ether oxygens (including phenoxy) is 1. The molecule has 0 bridgehead atoms. The molecule has 15 heavy (non-hydrogen) atoms. The first-order valence-electron chi connectivity index (χ1n) is 6.23. The molecule has 0 aromatic rings. The van der Waals surface area contributed by atoms with Crippen molar-refractivity contribution < 1.29 is 4.74 Å². The molecule has 2 heteroatoms. The predicted molar refractivity (Wildman–Crippen MR) is 65.1 cm³/mol. The van der Waals surface area contributed by atoms with Gasteiger partial charge in [0.1, 0.15) is 0 Å². The Kier molecular flexibility index (Phi) is 5.96. The van der Waals surface area contributed by atoms with Crippen LogP contribution in [-0.4, -0.2) is 25.8 Å². The summed E-state index contributed by atoms with van der Waals surface area (Å²) < 4.78 is 5.36. The van der Waals surface area contributed by atoms with Crippen molar-refractivity contribution in [1.82, 2.24) is 5.32 Å². The molecule has 1 saturated heterocycles. The Morgan fingerprint density at radius 3 is 2.73 bits per heavy atom. The second-order valence-electron chi connectivity index (χ2n) is 4.54. The molecule has 0 spiro atoms. The van der Waals surface area contributed by atoms with E-state index in [1.165, 1.54) is 24.8 Å². The average molecular weight is 211 g/mol. The van der Waals surface area contributed by atoms with E-state index >= 15 is 0 Å². The summed E-state index contributed by atoms with van der Waals surface area (Å²) >= 11 is 0. The second-order valence-corrected chi connectivity index (χ2v) is 4.54. The summed E-state index contributed by atoms with van der Waals surface area (Å²) in [5.41, 5.74) is 1.48. The summed E-state index contributed by atoms with van der Waals surface area (Å²) in [4.78, 5) is 0. The first-order valence-corrected chi connectivity index (χ1v) is 6.23. The minimum atomic E-state index is 0.521. The van der Waals surface area contributed by atoms with E-state index in [4.69, 9.17) is 4.74 Å². The molecule has 0 aromatic carbocycles. The zero-order chi connectivity index (χ0) is 11.1. The van der Waals surface area contributed by atoms with Crippen LogP contribution in [0.3, 0.4) is 0 Å². The van der Waals surface area contributed by atoms with Crippen molar-refractivity contribution in [3.63, 3.8) is 0 Å². The number of hydrogen-bond donors (Lipinski definition) is 1. The molecule has 1 rings (SSSR count). The highest BCUT2D eigenvalue weighted by molar-refractivity contribution is 5.08. The van der Waals surface area contributed by atoms with Gasteiger partial charge in [0.15, 0.2) is 0 Å². The van der Waals surface area contributed by atoms with Crippen molar-refractivity contribution >= 4 is 0 Å². The van der Waals surface area contributed by atoms with Crippen molar-refractivity contribution in [2.75, 3.05) is 19.8 Å². The molecule has 1 aliphatic rings. The Bertz CT molecular complexity index is 195. The molecular weight excluding hydrogens is 186 g/mol. The monoisotopic (exact) mass is 211 g/mol. The lowest BCUT2D eigenvalue weighted by atomic mass is 9.95. The summed E-state index contributed by atoms with van der Waals surface area (Å²) in [5, 5.41) is 3.52. The summed E-state index contributed by atoms with van der Waals surface area (Å²) in [6.07, 6.45) is 6.03. The van der Waals surface area contributed by atoms with Crippen molar-refractivity contribution in [2.24, 2.45) is 5.92 Å². The molecule has 1 N–H and O–H groups in total. The minimum Gasteiger partial charge on any atom is -0.381 e. The van der Waals surface area contributed by atoms with Gasteiger partial charge in [-0.2, -0.15) is 0 Å². The molecule has 88 valence electrons. The van der Waals surface area contributed by atoms with Gasteiger partial charge in [-0.3, -0.25) is 0 Å². The molecule has 0 saturated carbocycles. The van der Waals surface area contributed by atoms with Crippen LogP contribution in [0.25, 0.3) is 0 Å². The van der Waals surface area contributed by atoms with Crippen molar-refractivity contribution in [3.05, 3.63) is 11.6 Å². The Balaban J connectivity index is 2.35. The predicted octanol–water partition coefficient (Wildman–Crippen LogP) is 2.75. The maximum absolute atomic E-state index is 5.36. The molecule has 0 amide bonds. The van der Waals surface area contributed by atoms with Gasteiger partial charge < -0.3 is 10.1 Å². The molecule has 1 fully saturated rings. The second kappa shape index (κ2) is 7.02. The van der Waals surface area contributed by atoms with Gasteiger partial charge in [-0.15, -0.1) is 0 Å². The fraction of sp³-hybridized carbons (Fsp3) is 0.846. The maximum atomic E-state index is 5.36. The highest BCUT2D eigenvalue weighted by Crippen LogP contribution is 2.18. The average Bonchev–Trinajstić information content (AvgIpc) is 2.27. The fourth-order valence-electron chi connectivity index (χ4n) is 1.92. The highest BCUT2D eigenvalue weighted by atomic mass is 16.5. The first-order chi connectivity index (χ1) is 7.24. The molecule has 1 atom stereocenters. The normalized spacial score (nSPS) is 21.7. The Morgan fingerprint density at radius 1 is 1.47 bits per heavy atom. The summed E-state index contributed by atoms with van der Waals surface area (Å²) in [6.45, 7) is 9.68. The van der Waals surface area contributed by atoms with Gasteiger partial charge in [-0.25, -0.2) is 0 Å². The maximum Gasteiger partial charge on any atom is 0.0471 e. The third-order valence-electron chi connectivity index (χ3n) is 3.15. The van der Waals surface area contributed by atoms with Crippen LogP contribution in [0.2, 0.25) is 0 Å². The van der Waals surface area contributed by atoms with Crippen molar-refractivity contribution in [3.8, 4) is 0 Å². The summed E-state index contributed by atoms with van der Waals surface area (Å²) in [7, 11) is 0. The number of rotatable bonds is 5. The van der Waals surface area contributed by atoms with E-state index in [0.29, 0.717) is 6.04 Å². The molecule has 0 aliphatic carbocycles. The highest BCUT2D eigenvalue weighted by Gasteiger charge is 2.12. The van der Waals surface area contributed by atoms with Gasteiger partial charge in [0.2, 0.25) is 0 Å². The van der Waals surface area contributed by atoms with Crippen LogP contribution in [0.1, 0.15) is 40.0 Å². The SMILES string of the molecule is CCCNC(C)C(C)=CC1CCOCC1. The molecule has 2 nitrogen and oxygen atoms in total. The molecule has 0 aromatic heterocycles.